The molecule has 0 aromatic heterocycles. The summed E-state index contributed by atoms with van der Waals surface area (Å²) in [6.07, 6.45) is 1.90. The highest BCUT2D eigenvalue weighted by molar-refractivity contribution is 6.35. The molecule has 1 nitrogen and oxygen atoms in total. The van der Waals surface area contributed by atoms with Gasteiger partial charge in [-0.15, -0.1) is 0 Å². The molecule has 0 bridgehead atoms. The van der Waals surface area contributed by atoms with Crippen molar-refractivity contribution in [1.29, 1.82) is 0 Å². The number of halogens is 3. The first-order valence-electron chi connectivity index (χ1n) is 7.03. The molecule has 0 saturated heterocycles. The van der Waals surface area contributed by atoms with Crippen LogP contribution in [0.1, 0.15) is 30.5 Å². The number of nitrogens with one attached hydrogen (secondary N) is 1. The summed E-state index contributed by atoms with van der Waals surface area (Å²) in [5.74, 6) is 0. The summed E-state index contributed by atoms with van der Waals surface area (Å²) in [5.41, 5.74) is 2.29. The van der Waals surface area contributed by atoms with Gasteiger partial charge in [0.05, 0.1) is 0 Å². The fraction of sp³-hybridized carbons (Fsp3) is 0.294. The predicted molar refractivity (Wildman–Crippen MR) is 92.7 cm³/mol. The molecular weight excluding hydrogens is 325 g/mol. The molecule has 1 N–H and O–H groups in total. The Balaban J connectivity index is 2.21. The lowest BCUT2D eigenvalue weighted by Gasteiger charge is -2.20. The Hall–Kier alpha value is -0.730. The molecule has 0 aliphatic heterocycles. The summed E-state index contributed by atoms with van der Waals surface area (Å²) in [4.78, 5) is 0. The van der Waals surface area contributed by atoms with Crippen molar-refractivity contribution in [3.05, 3.63) is 68.7 Å². The summed E-state index contributed by atoms with van der Waals surface area (Å²) in [6.45, 7) is 3.11. The molecule has 0 spiro atoms. The Kier molecular flexibility index (Phi) is 6.38. The van der Waals surface area contributed by atoms with E-state index in [1.54, 1.807) is 6.07 Å². The molecule has 2 rings (SSSR count). The quantitative estimate of drug-likeness (QED) is 0.686. The van der Waals surface area contributed by atoms with Gasteiger partial charge in [-0.25, -0.2) is 0 Å². The lowest BCUT2D eigenvalue weighted by molar-refractivity contribution is 0.529. The molecule has 0 radical (unpaired) electrons. The fourth-order valence-electron chi connectivity index (χ4n) is 2.23. The molecule has 4 heteroatoms. The van der Waals surface area contributed by atoms with Crippen LogP contribution < -0.4 is 5.32 Å². The van der Waals surface area contributed by atoms with Gasteiger partial charge >= 0.3 is 0 Å². The van der Waals surface area contributed by atoms with E-state index in [9.17, 15) is 0 Å². The van der Waals surface area contributed by atoms with E-state index in [-0.39, 0.29) is 6.04 Å². The fourth-order valence-corrected chi connectivity index (χ4v) is 2.84. The van der Waals surface area contributed by atoms with Gasteiger partial charge in [0, 0.05) is 21.1 Å². The number of hydrogen-bond acceptors (Lipinski definition) is 1. The Morgan fingerprint density at radius 3 is 2.24 bits per heavy atom. The van der Waals surface area contributed by atoms with Crippen LogP contribution in [0.4, 0.5) is 0 Å². The zero-order valence-corrected chi connectivity index (χ0v) is 14.1. The van der Waals surface area contributed by atoms with E-state index in [2.05, 4.69) is 24.4 Å². The highest BCUT2D eigenvalue weighted by Crippen LogP contribution is 2.27. The van der Waals surface area contributed by atoms with Crippen molar-refractivity contribution >= 4 is 34.8 Å². The van der Waals surface area contributed by atoms with E-state index in [1.807, 2.05) is 24.3 Å². The SMILES string of the molecule is CCCNC(Cc1ccc(Cl)cc1Cl)c1ccc(Cl)cc1. The predicted octanol–water partition coefficient (Wildman–Crippen LogP) is 5.93. The summed E-state index contributed by atoms with van der Waals surface area (Å²) in [7, 11) is 0. The van der Waals surface area contributed by atoms with Crippen LogP contribution in [0.25, 0.3) is 0 Å². The van der Waals surface area contributed by atoms with Gasteiger partial charge in [0.25, 0.3) is 0 Å². The van der Waals surface area contributed by atoms with Gasteiger partial charge in [0.15, 0.2) is 0 Å². The summed E-state index contributed by atoms with van der Waals surface area (Å²) < 4.78 is 0. The average molecular weight is 343 g/mol. The maximum Gasteiger partial charge on any atom is 0.0453 e. The first-order chi connectivity index (χ1) is 10.1. The van der Waals surface area contributed by atoms with Crippen molar-refractivity contribution in [2.24, 2.45) is 0 Å². The van der Waals surface area contributed by atoms with Crippen LogP contribution in [-0.2, 0) is 6.42 Å². The molecule has 0 saturated carbocycles. The average Bonchev–Trinajstić information content (AvgIpc) is 2.46. The van der Waals surface area contributed by atoms with Crippen molar-refractivity contribution in [2.75, 3.05) is 6.54 Å². The van der Waals surface area contributed by atoms with Crippen molar-refractivity contribution in [3.63, 3.8) is 0 Å². The first-order valence-corrected chi connectivity index (χ1v) is 8.16. The minimum atomic E-state index is 0.209. The second kappa shape index (κ2) is 8.05. The molecule has 1 unspecified atom stereocenters. The van der Waals surface area contributed by atoms with Crippen molar-refractivity contribution in [2.45, 2.75) is 25.8 Å². The van der Waals surface area contributed by atoms with Gasteiger partial charge in [-0.1, -0.05) is 59.9 Å². The minimum Gasteiger partial charge on any atom is -0.310 e. The van der Waals surface area contributed by atoms with Gasteiger partial charge in [-0.2, -0.15) is 0 Å². The van der Waals surface area contributed by atoms with Crippen molar-refractivity contribution < 1.29 is 0 Å². The minimum absolute atomic E-state index is 0.209. The second-order valence-corrected chi connectivity index (χ2v) is 6.28. The third-order valence-electron chi connectivity index (χ3n) is 3.35. The van der Waals surface area contributed by atoms with Crippen LogP contribution in [0, 0.1) is 0 Å². The zero-order chi connectivity index (χ0) is 15.2. The Morgan fingerprint density at radius 1 is 0.952 bits per heavy atom. The van der Waals surface area contributed by atoms with E-state index >= 15 is 0 Å². The lowest BCUT2D eigenvalue weighted by Crippen LogP contribution is -2.24. The van der Waals surface area contributed by atoms with Crippen molar-refractivity contribution in [1.82, 2.24) is 5.32 Å². The van der Waals surface area contributed by atoms with Crippen LogP contribution in [0.2, 0.25) is 15.1 Å². The number of rotatable bonds is 6. The third kappa shape index (κ3) is 4.89. The van der Waals surface area contributed by atoms with E-state index in [0.717, 1.165) is 30.0 Å². The summed E-state index contributed by atoms with van der Waals surface area (Å²) in [5, 5.41) is 5.68. The summed E-state index contributed by atoms with van der Waals surface area (Å²) >= 11 is 18.2. The van der Waals surface area contributed by atoms with Gasteiger partial charge in [-0.05, 0) is 54.8 Å². The maximum atomic E-state index is 6.29. The van der Waals surface area contributed by atoms with E-state index in [0.29, 0.717) is 10.0 Å². The molecule has 0 aliphatic carbocycles. The van der Waals surface area contributed by atoms with Crippen LogP contribution in [-0.4, -0.2) is 6.54 Å². The molecule has 21 heavy (non-hydrogen) atoms. The van der Waals surface area contributed by atoms with Crippen LogP contribution in [0.15, 0.2) is 42.5 Å². The Labute approximate surface area is 141 Å². The maximum absolute atomic E-state index is 6.29. The van der Waals surface area contributed by atoms with E-state index in [4.69, 9.17) is 34.8 Å². The van der Waals surface area contributed by atoms with Gasteiger partial charge < -0.3 is 5.32 Å². The van der Waals surface area contributed by atoms with Crippen molar-refractivity contribution in [3.8, 4) is 0 Å². The topological polar surface area (TPSA) is 12.0 Å². The molecule has 112 valence electrons. The van der Waals surface area contributed by atoms with Gasteiger partial charge in [-0.3, -0.25) is 0 Å². The first kappa shape index (κ1) is 16.6. The molecule has 1 atom stereocenters. The van der Waals surface area contributed by atoms with E-state index in [1.165, 1.54) is 5.56 Å². The molecular formula is C17H18Cl3N. The monoisotopic (exact) mass is 341 g/mol. The molecule has 2 aromatic carbocycles. The van der Waals surface area contributed by atoms with Crippen LogP contribution in [0.3, 0.4) is 0 Å². The highest BCUT2D eigenvalue weighted by atomic mass is 35.5. The lowest BCUT2D eigenvalue weighted by atomic mass is 9.98. The normalized spacial score (nSPS) is 12.4. The summed E-state index contributed by atoms with van der Waals surface area (Å²) in [6, 6.07) is 13.8. The largest absolute Gasteiger partial charge is 0.310 e. The zero-order valence-electron chi connectivity index (χ0n) is 11.9. The second-order valence-electron chi connectivity index (χ2n) is 5.00. The van der Waals surface area contributed by atoms with Crippen LogP contribution in [0.5, 0.6) is 0 Å². The van der Waals surface area contributed by atoms with Gasteiger partial charge in [0.2, 0.25) is 0 Å². The number of benzene rings is 2. The molecule has 0 amide bonds. The van der Waals surface area contributed by atoms with Crippen LogP contribution >= 0.6 is 34.8 Å². The molecule has 2 aromatic rings. The Morgan fingerprint density at radius 2 is 1.62 bits per heavy atom. The molecule has 0 aliphatic rings. The van der Waals surface area contributed by atoms with E-state index < -0.39 is 0 Å². The highest BCUT2D eigenvalue weighted by Gasteiger charge is 2.13. The number of hydrogen-bond donors (Lipinski definition) is 1. The third-order valence-corrected chi connectivity index (χ3v) is 4.19. The standard InChI is InChI=1S/C17H18Cl3N/c1-2-9-21-17(12-3-6-14(18)7-4-12)10-13-5-8-15(19)11-16(13)20/h3-8,11,17,21H,2,9-10H2,1H3. The smallest absolute Gasteiger partial charge is 0.0453 e. The van der Waals surface area contributed by atoms with Gasteiger partial charge in [0.1, 0.15) is 0 Å². The molecule has 0 heterocycles. The molecule has 0 fully saturated rings. The Bertz CT molecular complexity index is 581.